The molecule has 0 radical (unpaired) electrons. The van der Waals surface area contributed by atoms with E-state index in [9.17, 15) is 9.59 Å². The van der Waals surface area contributed by atoms with E-state index in [1.54, 1.807) is 11.9 Å². The standard InChI is InChI=1S/C19H27N5O3/c1-13(12-27-3)21-17-16(9-20)24(18(25)22(17)2)19(26)23-10-15(11-23)14-7-5-4-6-8-14/h4-5,9,14-15H,1,6-8,10-12,20H2,2-3H3/b16-9+,21-17+. The summed E-state index contributed by atoms with van der Waals surface area (Å²) in [5.74, 6) is 1.41. The number of hydrogen-bond acceptors (Lipinski definition) is 5. The van der Waals surface area contributed by atoms with E-state index < -0.39 is 6.03 Å². The van der Waals surface area contributed by atoms with Crippen LogP contribution in [0.5, 0.6) is 0 Å². The van der Waals surface area contributed by atoms with Gasteiger partial charge in [0.15, 0.2) is 5.84 Å². The molecule has 4 amide bonds. The molecule has 1 aliphatic carbocycles. The fourth-order valence-electron chi connectivity index (χ4n) is 3.78. The third-order valence-corrected chi connectivity index (χ3v) is 5.35. The fraction of sp³-hybridized carbons (Fsp3) is 0.526. The number of nitrogens with two attached hydrogens (primary N) is 1. The van der Waals surface area contributed by atoms with Crippen LogP contribution in [0.2, 0.25) is 0 Å². The Morgan fingerprint density at radius 2 is 2.15 bits per heavy atom. The first-order chi connectivity index (χ1) is 13.0. The number of allylic oxidation sites excluding steroid dienone is 2. The quantitative estimate of drug-likeness (QED) is 0.764. The van der Waals surface area contributed by atoms with Gasteiger partial charge in [-0.25, -0.2) is 19.5 Å². The maximum atomic E-state index is 12.9. The number of rotatable bonds is 4. The Bertz CT molecular complexity index is 721. The van der Waals surface area contributed by atoms with Gasteiger partial charge in [-0.05, 0) is 31.1 Å². The van der Waals surface area contributed by atoms with E-state index in [2.05, 4.69) is 23.7 Å². The van der Waals surface area contributed by atoms with Crippen molar-refractivity contribution in [2.24, 2.45) is 22.6 Å². The van der Waals surface area contributed by atoms with Crippen LogP contribution in [0.1, 0.15) is 19.3 Å². The highest BCUT2D eigenvalue weighted by Crippen LogP contribution is 2.34. The first-order valence-electron chi connectivity index (χ1n) is 9.17. The second-order valence-corrected chi connectivity index (χ2v) is 7.16. The molecule has 8 nitrogen and oxygen atoms in total. The Morgan fingerprint density at radius 1 is 1.41 bits per heavy atom. The average Bonchev–Trinajstić information content (AvgIpc) is 2.85. The van der Waals surface area contributed by atoms with Crippen molar-refractivity contribution in [1.29, 1.82) is 0 Å². The van der Waals surface area contributed by atoms with Crippen LogP contribution < -0.4 is 5.73 Å². The van der Waals surface area contributed by atoms with E-state index in [-0.39, 0.29) is 18.3 Å². The van der Waals surface area contributed by atoms with Gasteiger partial charge in [0.1, 0.15) is 5.70 Å². The number of urea groups is 2. The van der Waals surface area contributed by atoms with Gasteiger partial charge in [0.05, 0.1) is 12.3 Å². The predicted molar refractivity (Wildman–Crippen MR) is 103 cm³/mol. The van der Waals surface area contributed by atoms with Crippen LogP contribution in [-0.2, 0) is 4.74 Å². The fourth-order valence-corrected chi connectivity index (χ4v) is 3.78. The lowest BCUT2D eigenvalue weighted by molar-refractivity contribution is 0.0690. The van der Waals surface area contributed by atoms with E-state index in [1.807, 2.05) is 0 Å². The number of methoxy groups -OCH3 is 1. The van der Waals surface area contributed by atoms with Crippen molar-refractivity contribution in [3.8, 4) is 0 Å². The van der Waals surface area contributed by atoms with E-state index in [4.69, 9.17) is 10.5 Å². The van der Waals surface area contributed by atoms with Gasteiger partial charge >= 0.3 is 12.1 Å². The summed E-state index contributed by atoms with van der Waals surface area (Å²) in [5.41, 5.74) is 6.44. The molecule has 1 unspecified atom stereocenters. The Kier molecular flexibility index (Phi) is 5.65. The van der Waals surface area contributed by atoms with Crippen LogP contribution in [-0.4, -0.2) is 66.5 Å². The molecule has 0 bridgehead atoms. The van der Waals surface area contributed by atoms with Gasteiger partial charge in [-0.15, -0.1) is 0 Å². The van der Waals surface area contributed by atoms with Gasteiger partial charge < -0.3 is 15.4 Å². The largest absolute Gasteiger partial charge is 0.403 e. The van der Waals surface area contributed by atoms with E-state index >= 15 is 0 Å². The molecule has 146 valence electrons. The first-order valence-corrected chi connectivity index (χ1v) is 9.17. The monoisotopic (exact) mass is 373 g/mol. The summed E-state index contributed by atoms with van der Waals surface area (Å²) in [6, 6.07) is -0.821. The minimum atomic E-state index is -0.468. The number of carbonyl (C=O) groups is 2. The molecule has 8 heteroatoms. The molecule has 0 spiro atoms. The molecule has 0 saturated carbocycles. The summed E-state index contributed by atoms with van der Waals surface area (Å²) in [6.45, 7) is 5.36. The van der Waals surface area contributed by atoms with Crippen LogP contribution in [0.15, 0.2) is 41.3 Å². The zero-order valence-corrected chi connectivity index (χ0v) is 15.9. The average molecular weight is 373 g/mol. The van der Waals surface area contributed by atoms with Crippen LogP contribution >= 0.6 is 0 Å². The zero-order valence-electron chi connectivity index (χ0n) is 15.9. The number of amides is 4. The molecule has 3 rings (SSSR count). The summed E-state index contributed by atoms with van der Waals surface area (Å²) >= 11 is 0. The van der Waals surface area contributed by atoms with Crippen LogP contribution in [0, 0.1) is 11.8 Å². The Morgan fingerprint density at radius 3 is 2.74 bits per heavy atom. The second-order valence-electron chi connectivity index (χ2n) is 7.16. The molecule has 2 saturated heterocycles. The lowest BCUT2D eigenvalue weighted by atomic mass is 9.79. The topological polar surface area (TPSA) is 91.5 Å². The third-order valence-electron chi connectivity index (χ3n) is 5.35. The minimum Gasteiger partial charge on any atom is -0.403 e. The van der Waals surface area contributed by atoms with Crippen molar-refractivity contribution in [3.05, 3.63) is 36.3 Å². The van der Waals surface area contributed by atoms with E-state index in [0.29, 0.717) is 36.5 Å². The molecular weight excluding hydrogens is 346 g/mol. The molecule has 2 aliphatic heterocycles. The minimum absolute atomic E-state index is 0.223. The molecule has 2 heterocycles. The summed E-state index contributed by atoms with van der Waals surface area (Å²) in [5, 5.41) is 0. The molecular formula is C19H27N5O3. The normalized spacial score (nSPS) is 26.2. The van der Waals surface area contributed by atoms with Crippen LogP contribution in [0.4, 0.5) is 9.59 Å². The van der Waals surface area contributed by atoms with Gasteiger partial charge in [0, 0.05) is 33.4 Å². The van der Waals surface area contributed by atoms with Crippen molar-refractivity contribution in [1.82, 2.24) is 14.7 Å². The molecule has 0 aromatic heterocycles. The van der Waals surface area contributed by atoms with Crippen LogP contribution in [0.3, 0.4) is 0 Å². The summed E-state index contributed by atoms with van der Waals surface area (Å²) in [6.07, 6.45) is 9.03. The number of aliphatic imine (C=N–C) groups is 1. The van der Waals surface area contributed by atoms with Gasteiger partial charge in [-0.3, -0.25) is 4.90 Å². The van der Waals surface area contributed by atoms with Crippen molar-refractivity contribution >= 4 is 17.9 Å². The number of nitrogens with zero attached hydrogens (tertiary/aromatic N) is 4. The highest BCUT2D eigenvalue weighted by Gasteiger charge is 2.46. The van der Waals surface area contributed by atoms with Crippen molar-refractivity contribution in [3.63, 3.8) is 0 Å². The van der Waals surface area contributed by atoms with Gasteiger partial charge in [-0.2, -0.15) is 0 Å². The highest BCUT2D eigenvalue weighted by molar-refractivity contribution is 6.20. The number of likely N-dealkylation sites (tertiary alicyclic amines) is 1. The van der Waals surface area contributed by atoms with Gasteiger partial charge in [-0.1, -0.05) is 18.7 Å². The number of likely N-dealkylation sites (N-methyl/N-ethyl adjacent to an activating group) is 1. The van der Waals surface area contributed by atoms with Crippen LogP contribution in [0.25, 0.3) is 0 Å². The lowest BCUT2D eigenvalue weighted by Crippen LogP contribution is -2.57. The highest BCUT2D eigenvalue weighted by atomic mass is 16.5. The first kappa shape index (κ1) is 19.2. The number of ether oxygens (including phenoxy) is 1. The maximum Gasteiger partial charge on any atom is 0.338 e. The second kappa shape index (κ2) is 7.96. The SMILES string of the molecule is C=C(COC)/N=C1\C(=C/N)N(C(=O)N2CC(C3CC=CCC3)C2)C(=O)N1C. The predicted octanol–water partition coefficient (Wildman–Crippen LogP) is 2.12. The Labute approximate surface area is 159 Å². The Balaban J connectivity index is 1.70. The molecule has 0 aromatic carbocycles. The van der Waals surface area contributed by atoms with E-state index in [1.165, 1.54) is 24.6 Å². The smallest absolute Gasteiger partial charge is 0.338 e. The number of hydrogen-bond donors (Lipinski definition) is 1. The lowest BCUT2D eigenvalue weighted by Gasteiger charge is -2.44. The molecule has 2 N–H and O–H groups in total. The van der Waals surface area contributed by atoms with Gasteiger partial charge in [0.2, 0.25) is 0 Å². The molecule has 2 fully saturated rings. The zero-order chi connectivity index (χ0) is 19.6. The summed E-state index contributed by atoms with van der Waals surface area (Å²) < 4.78 is 5.00. The van der Waals surface area contributed by atoms with Crippen molar-refractivity contribution < 1.29 is 14.3 Å². The molecule has 1 atom stereocenters. The van der Waals surface area contributed by atoms with Crippen molar-refractivity contribution in [2.75, 3.05) is 33.9 Å². The van der Waals surface area contributed by atoms with Crippen molar-refractivity contribution in [2.45, 2.75) is 19.3 Å². The summed E-state index contributed by atoms with van der Waals surface area (Å²) in [4.78, 5) is 34.0. The molecule has 0 aromatic rings. The van der Waals surface area contributed by atoms with Gasteiger partial charge in [0.25, 0.3) is 0 Å². The molecule has 3 aliphatic rings. The number of amidine groups is 1. The Hall–Kier alpha value is -2.61. The number of carbonyl (C=O) groups excluding carboxylic acids is 2. The van der Waals surface area contributed by atoms with E-state index in [0.717, 1.165) is 17.7 Å². The third kappa shape index (κ3) is 3.62. The number of imide groups is 1. The summed E-state index contributed by atoms with van der Waals surface area (Å²) in [7, 11) is 3.10. The molecule has 27 heavy (non-hydrogen) atoms. The maximum absolute atomic E-state index is 12.9.